The van der Waals surface area contributed by atoms with Gasteiger partial charge in [-0.1, -0.05) is 23.2 Å². The fraction of sp³-hybridized carbons (Fsp3) is 0.300. The SMILES string of the molecule is CCOC(=O)CC(NC(=O)CNC(=O)c1cc(N)cnc1OC)c1cc(Cl)cc(Cl)c1O. The fourth-order valence-electron chi connectivity index (χ4n) is 2.77. The Morgan fingerprint density at radius 3 is 2.62 bits per heavy atom. The number of nitrogens with zero attached hydrogens (tertiary/aromatic N) is 1. The van der Waals surface area contributed by atoms with Gasteiger partial charge in [0.1, 0.15) is 11.3 Å². The number of carbonyl (C=O) groups is 3. The van der Waals surface area contributed by atoms with Crippen LogP contribution >= 0.6 is 23.2 Å². The molecule has 1 heterocycles. The number of halogens is 2. The number of carbonyl (C=O) groups excluding carboxylic acids is 3. The molecule has 1 aromatic carbocycles. The van der Waals surface area contributed by atoms with E-state index < -0.39 is 30.4 Å². The highest BCUT2D eigenvalue weighted by atomic mass is 35.5. The topological polar surface area (TPSA) is 153 Å². The van der Waals surface area contributed by atoms with Crippen LogP contribution in [0.25, 0.3) is 0 Å². The summed E-state index contributed by atoms with van der Waals surface area (Å²) >= 11 is 12.0. The Bertz CT molecular complexity index is 1020. The molecule has 0 radical (unpaired) electrons. The molecule has 0 saturated heterocycles. The molecule has 0 aliphatic rings. The van der Waals surface area contributed by atoms with Gasteiger partial charge >= 0.3 is 5.97 Å². The zero-order valence-corrected chi connectivity index (χ0v) is 18.8. The normalized spacial score (nSPS) is 11.4. The molecule has 2 amide bonds. The fourth-order valence-corrected chi connectivity index (χ4v) is 3.28. The maximum absolute atomic E-state index is 12.5. The van der Waals surface area contributed by atoms with Crippen molar-refractivity contribution in [3.8, 4) is 11.6 Å². The summed E-state index contributed by atoms with van der Waals surface area (Å²) in [5.74, 6) is -2.22. The molecule has 1 atom stereocenters. The quantitative estimate of drug-likeness (QED) is 0.395. The van der Waals surface area contributed by atoms with Crippen LogP contribution in [0.15, 0.2) is 24.4 Å². The average molecular weight is 485 g/mol. The van der Waals surface area contributed by atoms with E-state index in [4.69, 9.17) is 38.4 Å². The summed E-state index contributed by atoms with van der Waals surface area (Å²) in [6.07, 6.45) is 1.02. The Balaban J connectivity index is 2.16. The lowest BCUT2D eigenvalue weighted by atomic mass is 10.0. The highest BCUT2D eigenvalue weighted by molar-refractivity contribution is 6.35. The summed E-state index contributed by atoms with van der Waals surface area (Å²) in [6.45, 7) is 1.31. The van der Waals surface area contributed by atoms with Crippen LogP contribution < -0.4 is 21.1 Å². The number of aromatic hydroxyl groups is 1. The highest BCUT2D eigenvalue weighted by Gasteiger charge is 2.24. The third-order valence-electron chi connectivity index (χ3n) is 4.16. The minimum atomic E-state index is -1.02. The molecule has 0 saturated carbocycles. The molecule has 2 aromatic rings. The van der Waals surface area contributed by atoms with Crippen LogP contribution in [0.1, 0.15) is 35.3 Å². The molecular formula is C20H22Cl2N4O6. The second-order valence-corrected chi connectivity index (χ2v) is 7.31. The monoisotopic (exact) mass is 484 g/mol. The van der Waals surface area contributed by atoms with Crippen LogP contribution in [0.5, 0.6) is 11.6 Å². The van der Waals surface area contributed by atoms with Crippen LogP contribution in [0.2, 0.25) is 10.0 Å². The number of nitrogens with two attached hydrogens (primary N) is 1. The van der Waals surface area contributed by atoms with Gasteiger partial charge in [0.05, 0.1) is 49.6 Å². The summed E-state index contributed by atoms with van der Waals surface area (Å²) in [5.41, 5.74) is 6.05. The van der Waals surface area contributed by atoms with Crippen LogP contribution in [-0.2, 0) is 14.3 Å². The van der Waals surface area contributed by atoms with Crippen LogP contribution in [0.4, 0.5) is 5.69 Å². The number of phenolic OH excluding ortho intramolecular Hbond substituents is 1. The molecule has 172 valence electrons. The van der Waals surface area contributed by atoms with Crippen molar-refractivity contribution < 1.29 is 29.0 Å². The predicted octanol–water partition coefficient (Wildman–Crippen LogP) is 2.23. The van der Waals surface area contributed by atoms with Crippen molar-refractivity contribution in [3.05, 3.63) is 45.6 Å². The third kappa shape index (κ3) is 6.63. The van der Waals surface area contributed by atoms with Crippen molar-refractivity contribution >= 4 is 46.7 Å². The van der Waals surface area contributed by atoms with Crippen LogP contribution in [0, 0.1) is 0 Å². The molecule has 1 unspecified atom stereocenters. The smallest absolute Gasteiger partial charge is 0.308 e. The van der Waals surface area contributed by atoms with Gasteiger partial charge in [-0.3, -0.25) is 14.4 Å². The summed E-state index contributed by atoms with van der Waals surface area (Å²) < 4.78 is 9.95. The minimum absolute atomic E-state index is 0.0378. The number of methoxy groups -OCH3 is 1. The molecule has 10 nitrogen and oxygen atoms in total. The number of ether oxygens (including phenoxy) is 2. The number of nitrogens with one attached hydrogen (secondary N) is 2. The number of nitrogen functional groups attached to an aromatic ring is 1. The molecule has 0 aliphatic heterocycles. The predicted molar refractivity (Wildman–Crippen MR) is 118 cm³/mol. The Morgan fingerprint density at radius 1 is 1.25 bits per heavy atom. The maximum Gasteiger partial charge on any atom is 0.308 e. The summed E-state index contributed by atoms with van der Waals surface area (Å²) in [7, 11) is 1.34. The van der Waals surface area contributed by atoms with Gasteiger partial charge in [0.25, 0.3) is 5.91 Å². The molecular weight excluding hydrogens is 463 g/mol. The van der Waals surface area contributed by atoms with Gasteiger partial charge in [0, 0.05) is 10.6 Å². The summed E-state index contributed by atoms with van der Waals surface area (Å²) in [6, 6.07) is 3.03. The van der Waals surface area contributed by atoms with E-state index in [2.05, 4.69) is 15.6 Å². The van der Waals surface area contributed by atoms with Gasteiger partial charge in [-0.25, -0.2) is 4.98 Å². The number of phenols is 1. The molecule has 5 N–H and O–H groups in total. The number of amides is 2. The van der Waals surface area contributed by atoms with Crippen molar-refractivity contribution in [2.24, 2.45) is 0 Å². The van der Waals surface area contributed by atoms with Gasteiger partial charge < -0.3 is 30.9 Å². The number of aromatic nitrogens is 1. The van der Waals surface area contributed by atoms with E-state index in [1.165, 1.54) is 31.5 Å². The minimum Gasteiger partial charge on any atom is -0.506 e. The van der Waals surface area contributed by atoms with Crippen molar-refractivity contribution in [3.63, 3.8) is 0 Å². The Morgan fingerprint density at radius 2 is 1.97 bits per heavy atom. The molecule has 0 spiro atoms. The zero-order valence-electron chi connectivity index (χ0n) is 17.3. The first-order valence-electron chi connectivity index (χ1n) is 9.36. The van der Waals surface area contributed by atoms with Crippen LogP contribution in [-0.4, -0.2) is 48.1 Å². The number of rotatable bonds is 9. The third-order valence-corrected chi connectivity index (χ3v) is 4.67. The van der Waals surface area contributed by atoms with Crippen molar-refractivity contribution in [1.29, 1.82) is 0 Å². The number of hydrogen-bond acceptors (Lipinski definition) is 8. The number of benzene rings is 1. The van der Waals surface area contributed by atoms with Gasteiger partial charge in [0.15, 0.2) is 0 Å². The summed E-state index contributed by atoms with van der Waals surface area (Å²) in [5, 5.41) is 15.4. The van der Waals surface area contributed by atoms with Crippen LogP contribution in [0.3, 0.4) is 0 Å². The zero-order chi connectivity index (χ0) is 23.8. The summed E-state index contributed by atoms with van der Waals surface area (Å²) in [4.78, 5) is 40.9. The molecule has 0 aliphatic carbocycles. The van der Waals surface area contributed by atoms with Crippen molar-refractivity contribution in [2.45, 2.75) is 19.4 Å². The second kappa shape index (κ2) is 11.4. The average Bonchev–Trinajstić information content (AvgIpc) is 2.74. The number of hydrogen-bond donors (Lipinski definition) is 4. The van der Waals surface area contributed by atoms with Gasteiger partial charge in [-0.05, 0) is 25.1 Å². The first kappa shape index (κ1) is 25.0. The second-order valence-electron chi connectivity index (χ2n) is 6.46. The number of pyridine rings is 1. The number of anilines is 1. The standard InChI is InChI=1S/C20H22Cl2N4O6/c1-3-32-17(28)7-15(12-4-10(21)5-14(22)18(12)29)26-16(27)9-24-19(30)13-6-11(23)8-25-20(13)31-2/h4-6,8,15,29H,3,7,9,23H2,1-2H3,(H,24,30)(H,26,27). The van der Waals surface area contributed by atoms with E-state index in [-0.39, 0.29) is 51.5 Å². The molecule has 32 heavy (non-hydrogen) atoms. The molecule has 1 aromatic heterocycles. The molecule has 12 heteroatoms. The largest absolute Gasteiger partial charge is 0.506 e. The first-order valence-corrected chi connectivity index (χ1v) is 10.1. The van der Waals surface area contributed by atoms with Crippen molar-refractivity contribution in [2.75, 3.05) is 26.0 Å². The lowest BCUT2D eigenvalue weighted by Gasteiger charge is -2.20. The highest BCUT2D eigenvalue weighted by Crippen LogP contribution is 2.36. The molecule has 0 bridgehead atoms. The maximum atomic E-state index is 12.5. The van der Waals surface area contributed by atoms with E-state index in [0.717, 1.165) is 0 Å². The van der Waals surface area contributed by atoms with Gasteiger partial charge in [-0.15, -0.1) is 0 Å². The van der Waals surface area contributed by atoms with Gasteiger partial charge in [0.2, 0.25) is 11.8 Å². The Kier molecular flexibility index (Phi) is 8.91. The van der Waals surface area contributed by atoms with E-state index in [1.807, 2.05) is 0 Å². The lowest BCUT2D eigenvalue weighted by molar-refractivity contribution is -0.143. The van der Waals surface area contributed by atoms with E-state index in [0.29, 0.717) is 0 Å². The lowest BCUT2D eigenvalue weighted by Crippen LogP contribution is -2.39. The van der Waals surface area contributed by atoms with Crippen molar-refractivity contribution in [1.82, 2.24) is 15.6 Å². The Hall–Kier alpha value is -3.24. The van der Waals surface area contributed by atoms with Gasteiger partial charge in [-0.2, -0.15) is 0 Å². The molecule has 0 fully saturated rings. The molecule has 2 rings (SSSR count). The van der Waals surface area contributed by atoms with E-state index >= 15 is 0 Å². The number of esters is 1. The van der Waals surface area contributed by atoms with E-state index in [1.54, 1.807) is 6.92 Å². The first-order chi connectivity index (χ1) is 15.2. The Labute approximate surface area is 194 Å². The van der Waals surface area contributed by atoms with E-state index in [9.17, 15) is 19.5 Å².